The van der Waals surface area contributed by atoms with Crippen molar-refractivity contribution in [3.8, 4) is 0 Å². The van der Waals surface area contributed by atoms with Crippen molar-refractivity contribution in [2.24, 2.45) is 0 Å². The van der Waals surface area contributed by atoms with Crippen molar-refractivity contribution in [2.45, 2.75) is 50.8 Å². The van der Waals surface area contributed by atoms with Crippen molar-refractivity contribution < 1.29 is 18.5 Å². The Bertz CT molecular complexity index is 321. The summed E-state index contributed by atoms with van der Waals surface area (Å²) in [5.41, 5.74) is -0.342. The van der Waals surface area contributed by atoms with Gasteiger partial charge in [0, 0.05) is 6.42 Å². The summed E-state index contributed by atoms with van der Waals surface area (Å²) in [5, 5.41) is 0. The van der Waals surface area contributed by atoms with Crippen molar-refractivity contribution in [3.63, 3.8) is 0 Å². The van der Waals surface area contributed by atoms with Crippen LogP contribution in [0.2, 0.25) is 0 Å². The molecule has 5 nitrogen and oxygen atoms in total. The van der Waals surface area contributed by atoms with Crippen LogP contribution in [0.4, 0.5) is 0 Å². The molecular weight excluding hydrogens is 254 g/mol. The van der Waals surface area contributed by atoms with E-state index in [0.29, 0.717) is 32.7 Å². The molecule has 18 heavy (non-hydrogen) atoms. The summed E-state index contributed by atoms with van der Waals surface area (Å²) in [6.45, 7) is 8.90. The van der Waals surface area contributed by atoms with Gasteiger partial charge in [-0.3, -0.25) is 4.79 Å². The van der Waals surface area contributed by atoms with Crippen LogP contribution in [-0.4, -0.2) is 40.3 Å². The SMILES string of the molecule is CCOC(=O)CCC1(NS(=O)C(C)(C)C)COC1. The number of rotatable bonds is 6. The molecule has 1 fully saturated rings. The third kappa shape index (κ3) is 4.33. The second kappa shape index (κ2) is 6.12. The summed E-state index contributed by atoms with van der Waals surface area (Å²) in [5.74, 6) is -0.216. The highest BCUT2D eigenvalue weighted by atomic mass is 32.2. The largest absolute Gasteiger partial charge is 0.466 e. The zero-order chi connectivity index (χ0) is 13.8. The first kappa shape index (κ1) is 15.6. The fourth-order valence-corrected chi connectivity index (χ4v) is 2.45. The van der Waals surface area contributed by atoms with E-state index in [-0.39, 0.29) is 16.3 Å². The molecule has 1 rings (SSSR count). The van der Waals surface area contributed by atoms with Gasteiger partial charge in [0.15, 0.2) is 0 Å². The highest BCUT2D eigenvalue weighted by Crippen LogP contribution is 2.25. The van der Waals surface area contributed by atoms with E-state index < -0.39 is 11.0 Å². The number of ether oxygens (including phenoxy) is 2. The normalized spacial score (nSPS) is 20.0. The van der Waals surface area contributed by atoms with Crippen LogP contribution in [0.5, 0.6) is 0 Å². The van der Waals surface area contributed by atoms with Crippen LogP contribution in [0.3, 0.4) is 0 Å². The first-order valence-electron chi connectivity index (χ1n) is 6.22. The average molecular weight is 277 g/mol. The van der Waals surface area contributed by atoms with Crippen LogP contribution in [-0.2, 0) is 25.3 Å². The Morgan fingerprint density at radius 1 is 1.44 bits per heavy atom. The van der Waals surface area contributed by atoms with Crippen molar-refractivity contribution in [3.05, 3.63) is 0 Å². The summed E-state index contributed by atoms with van der Waals surface area (Å²) in [6.07, 6.45) is 0.916. The monoisotopic (exact) mass is 277 g/mol. The lowest BCUT2D eigenvalue weighted by Gasteiger charge is -2.43. The van der Waals surface area contributed by atoms with Gasteiger partial charge in [0.25, 0.3) is 0 Å². The van der Waals surface area contributed by atoms with Gasteiger partial charge in [-0.2, -0.15) is 0 Å². The molecule has 106 valence electrons. The van der Waals surface area contributed by atoms with Crippen molar-refractivity contribution in [1.82, 2.24) is 4.72 Å². The summed E-state index contributed by atoms with van der Waals surface area (Å²) < 4.78 is 24.9. The Kier molecular flexibility index (Phi) is 5.31. The minimum Gasteiger partial charge on any atom is -0.466 e. The van der Waals surface area contributed by atoms with Crippen LogP contribution in [0, 0.1) is 0 Å². The maximum absolute atomic E-state index is 12.1. The van der Waals surface area contributed by atoms with E-state index >= 15 is 0 Å². The van der Waals surface area contributed by atoms with E-state index in [1.165, 1.54) is 0 Å². The van der Waals surface area contributed by atoms with Crippen LogP contribution >= 0.6 is 0 Å². The van der Waals surface area contributed by atoms with E-state index in [1.807, 2.05) is 20.8 Å². The quantitative estimate of drug-likeness (QED) is 0.740. The molecule has 1 aliphatic heterocycles. The van der Waals surface area contributed by atoms with Crippen molar-refractivity contribution in [2.75, 3.05) is 19.8 Å². The fourth-order valence-electron chi connectivity index (χ4n) is 1.53. The van der Waals surface area contributed by atoms with Gasteiger partial charge in [-0.15, -0.1) is 0 Å². The molecule has 1 atom stereocenters. The van der Waals surface area contributed by atoms with Gasteiger partial charge < -0.3 is 9.47 Å². The van der Waals surface area contributed by atoms with Crippen molar-refractivity contribution >= 4 is 17.0 Å². The molecular formula is C12H23NO4S. The Hall–Kier alpha value is -0.460. The summed E-state index contributed by atoms with van der Waals surface area (Å²) in [4.78, 5) is 11.3. The van der Waals surface area contributed by atoms with E-state index in [1.54, 1.807) is 6.92 Å². The Morgan fingerprint density at radius 2 is 2.06 bits per heavy atom. The van der Waals surface area contributed by atoms with Gasteiger partial charge in [-0.1, -0.05) is 0 Å². The Balaban J connectivity index is 2.48. The fraction of sp³-hybridized carbons (Fsp3) is 0.917. The molecule has 0 spiro atoms. The summed E-state index contributed by atoms with van der Waals surface area (Å²) in [7, 11) is -1.16. The van der Waals surface area contributed by atoms with Gasteiger partial charge in [-0.05, 0) is 34.1 Å². The molecule has 0 radical (unpaired) electrons. The van der Waals surface area contributed by atoms with Crippen LogP contribution in [0.15, 0.2) is 0 Å². The molecule has 1 aliphatic rings. The molecule has 1 heterocycles. The predicted molar refractivity (Wildman–Crippen MR) is 70.4 cm³/mol. The molecule has 6 heteroatoms. The highest BCUT2D eigenvalue weighted by Gasteiger charge is 2.41. The zero-order valence-corrected chi connectivity index (χ0v) is 12.4. The Morgan fingerprint density at radius 3 is 2.44 bits per heavy atom. The molecule has 1 unspecified atom stereocenters. The first-order valence-corrected chi connectivity index (χ1v) is 7.37. The molecule has 1 saturated heterocycles. The molecule has 0 aromatic rings. The number of nitrogens with one attached hydrogen (secondary N) is 1. The summed E-state index contributed by atoms with van der Waals surface area (Å²) >= 11 is 0. The average Bonchev–Trinajstić information content (AvgIpc) is 2.20. The minimum absolute atomic E-state index is 0.216. The number of hydrogen-bond donors (Lipinski definition) is 1. The standard InChI is InChI=1S/C12H23NO4S/c1-5-17-10(14)6-7-12(8-16-9-12)13-18(15)11(2,3)4/h13H,5-9H2,1-4H3. The van der Waals surface area contributed by atoms with Crippen LogP contribution in [0.25, 0.3) is 0 Å². The van der Waals surface area contributed by atoms with E-state index in [4.69, 9.17) is 9.47 Å². The molecule has 0 aromatic carbocycles. The molecule has 0 bridgehead atoms. The third-order valence-electron chi connectivity index (χ3n) is 2.74. The van der Waals surface area contributed by atoms with Gasteiger partial charge in [0.1, 0.15) is 0 Å². The molecule has 1 N–H and O–H groups in total. The maximum atomic E-state index is 12.1. The van der Waals surface area contributed by atoms with Gasteiger partial charge in [0.05, 0.1) is 41.1 Å². The van der Waals surface area contributed by atoms with E-state index in [9.17, 15) is 9.00 Å². The number of carbonyl (C=O) groups is 1. The topological polar surface area (TPSA) is 64.6 Å². The highest BCUT2D eigenvalue weighted by molar-refractivity contribution is 7.84. The van der Waals surface area contributed by atoms with E-state index in [2.05, 4.69) is 4.72 Å². The van der Waals surface area contributed by atoms with E-state index in [0.717, 1.165) is 0 Å². The number of esters is 1. The minimum atomic E-state index is -1.16. The van der Waals surface area contributed by atoms with Crippen LogP contribution in [0.1, 0.15) is 40.5 Å². The molecule has 0 saturated carbocycles. The molecule has 0 amide bonds. The summed E-state index contributed by atoms with van der Waals surface area (Å²) in [6, 6.07) is 0. The second-order valence-electron chi connectivity index (χ2n) is 5.56. The third-order valence-corrected chi connectivity index (χ3v) is 4.47. The molecule has 0 aromatic heterocycles. The lowest BCUT2D eigenvalue weighted by Crippen LogP contribution is -2.62. The zero-order valence-electron chi connectivity index (χ0n) is 11.6. The lowest BCUT2D eigenvalue weighted by molar-refractivity contribution is -0.145. The lowest BCUT2D eigenvalue weighted by atomic mass is 9.93. The smallest absolute Gasteiger partial charge is 0.305 e. The number of carbonyl (C=O) groups excluding carboxylic acids is 1. The number of hydrogen-bond acceptors (Lipinski definition) is 4. The van der Waals surface area contributed by atoms with Crippen molar-refractivity contribution in [1.29, 1.82) is 0 Å². The second-order valence-corrected chi connectivity index (χ2v) is 7.53. The van der Waals surface area contributed by atoms with Crippen LogP contribution < -0.4 is 4.72 Å². The van der Waals surface area contributed by atoms with Gasteiger partial charge >= 0.3 is 5.97 Å². The molecule has 0 aliphatic carbocycles. The predicted octanol–water partition coefficient (Wildman–Crippen LogP) is 1.15. The van der Waals surface area contributed by atoms with Gasteiger partial charge in [-0.25, -0.2) is 8.93 Å². The maximum Gasteiger partial charge on any atom is 0.305 e. The first-order chi connectivity index (χ1) is 8.29. The van der Waals surface area contributed by atoms with Gasteiger partial charge in [0.2, 0.25) is 0 Å². The Labute approximate surface area is 111 Å².